The summed E-state index contributed by atoms with van der Waals surface area (Å²) >= 11 is 7.66. The molecule has 0 bridgehead atoms. The molecule has 2 aromatic heterocycles. The number of hydrogen-bond donors (Lipinski definition) is 2. The van der Waals surface area contributed by atoms with Crippen molar-refractivity contribution in [2.75, 3.05) is 5.73 Å². The van der Waals surface area contributed by atoms with Crippen LogP contribution in [0.15, 0.2) is 23.6 Å². The SMILES string of the molecule is Cc1csc(-c2[nH]nc(N)c2-c2cc(F)cc(F)c2)c1Cl. The van der Waals surface area contributed by atoms with Crippen molar-refractivity contribution in [3.8, 4) is 21.7 Å². The summed E-state index contributed by atoms with van der Waals surface area (Å²) in [6.45, 7) is 1.88. The van der Waals surface area contributed by atoms with Crippen LogP contribution in [0.5, 0.6) is 0 Å². The van der Waals surface area contributed by atoms with Gasteiger partial charge >= 0.3 is 0 Å². The van der Waals surface area contributed by atoms with Gasteiger partial charge in [-0.15, -0.1) is 11.3 Å². The van der Waals surface area contributed by atoms with Gasteiger partial charge in [0, 0.05) is 6.07 Å². The zero-order valence-corrected chi connectivity index (χ0v) is 12.4. The number of nitrogens with two attached hydrogens (primary N) is 1. The number of H-pyrrole nitrogens is 1. The Morgan fingerprint density at radius 3 is 2.48 bits per heavy atom. The molecule has 0 aliphatic rings. The molecule has 0 radical (unpaired) electrons. The molecule has 2 heterocycles. The Labute approximate surface area is 128 Å². The fraction of sp³-hybridized carbons (Fsp3) is 0.0714. The van der Waals surface area contributed by atoms with E-state index in [9.17, 15) is 8.78 Å². The average molecular weight is 326 g/mol. The number of nitrogens with zero attached hydrogens (tertiary/aromatic N) is 1. The number of nitrogens with one attached hydrogen (secondary N) is 1. The van der Waals surface area contributed by atoms with Crippen LogP contribution in [0.1, 0.15) is 5.56 Å². The van der Waals surface area contributed by atoms with Gasteiger partial charge in [0.25, 0.3) is 0 Å². The number of hydrogen-bond acceptors (Lipinski definition) is 3. The van der Waals surface area contributed by atoms with Crippen LogP contribution < -0.4 is 5.73 Å². The molecule has 108 valence electrons. The highest BCUT2D eigenvalue weighted by Crippen LogP contribution is 2.42. The highest BCUT2D eigenvalue weighted by atomic mass is 35.5. The first-order valence-electron chi connectivity index (χ1n) is 6.01. The Morgan fingerprint density at radius 1 is 1.24 bits per heavy atom. The standard InChI is InChI=1S/C14H10ClF2N3S/c1-6-5-21-13(11(6)15)12-10(14(18)20-19-12)7-2-8(16)4-9(17)3-7/h2-5H,1H3,(H3,18,19,20). The quantitative estimate of drug-likeness (QED) is 0.722. The molecule has 21 heavy (non-hydrogen) atoms. The Morgan fingerprint density at radius 2 is 1.90 bits per heavy atom. The Bertz CT molecular complexity index is 805. The molecule has 0 saturated heterocycles. The molecule has 0 saturated carbocycles. The maximum Gasteiger partial charge on any atom is 0.153 e. The minimum Gasteiger partial charge on any atom is -0.382 e. The minimum absolute atomic E-state index is 0.164. The first-order valence-corrected chi connectivity index (χ1v) is 7.27. The van der Waals surface area contributed by atoms with E-state index in [4.69, 9.17) is 17.3 Å². The number of benzene rings is 1. The molecule has 7 heteroatoms. The molecular weight excluding hydrogens is 316 g/mol. The molecule has 1 aromatic carbocycles. The normalized spacial score (nSPS) is 11.0. The van der Waals surface area contributed by atoms with Crippen LogP contribution in [0.3, 0.4) is 0 Å². The predicted octanol–water partition coefficient (Wildman–Crippen LogP) is 4.63. The Hall–Kier alpha value is -1.92. The molecule has 3 rings (SSSR count). The highest BCUT2D eigenvalue weighted by Gasteiger charge is 2.20. The lowest BCUT2D eigenvalue weighted by atomic mass is 10.0. The van der Waals surface area contributed by atoms with E-state index in [-0.39, 0.29) is 5.82 Å². The van der Waals surface area contributed by atoms with Gasteiger partial charge in [-0.3, -0.25) is 5.10 Å². The second-order valence-electron chi connectivity index (χ2n) is 4.58. The monoisotopic (exact) mass is 325 g/mol. The molecule has 3 aromatic rings. The van der Waals surface area contributed by atoms with E-state index in [0.717, 1.165) is 16.5 Å². The second-order valence-corrected chi connectivity index (χ2v) is 5.84. The van der Waals surface area contributed by atoms with Gasteiger partial charge in [0.1, 0.15) is 11.6 Å². The number of anilines is 1. The summed E-state index contributed by atoms with van der Waals surface area (Å²) in [5.41, 5.74) is 8.07. The first-order chi connectivity index (χ1) is 9.97. The van der Waals surface area contributed by atoms with Crippen LogP contribution in [0, 0.1) is 18.6 Å². The molecule has 0 amide bonds. The van der Waals surface area contributed by atoms with Crippen LogP contribution in [-0.4, -0.2) is 10.2 Å². The van der Waals surface area contributed by atoms with E-state index in [2.05, 4.69) is 10.2 Å². The van der Waals surface area contributed by atoms with Gasteiger partial charge in [0.2, 0.25) is 0 Å². The zero-order valence-electron chi connectivity index (χ0n) is 10.9. The van der Waals surface area contributed by atoms with E-state index < -0.39 is 11.6 Å². The molecule has 0 aliphatic carbocycles. The van der Waals surface area contributed by atoms with Crippen LogP contribution in [0.4, 0.5) is 14.6 Å². The third-order valence-electron chi connectivity index (χ3n) is 3.07. The van der Waals surface area contributed by atoms with Gasteiger partial charge in [0.05, 0.1) is 21.2 Å². The van der Waals surface area contributed by atoms with Crippen molar-refractivity contribution < 1.29 is 8.78 Å². The number of rotatable bonds is 2. The fourth-order valence-corrected chi connectivity index (χ4v) is 3.40. The van der Waals surface area contributed by atoms with Gasteiger partial charge in [-0.2, -0.15) is 5.10 Å². The van der Waals surface area contributed by atoms with Crippen molar-refractivity contribution >= 4 is 28.8 Å². The number of nitrogen functional groups attached to an aromatic ring is 1. The fourth-order valence-electron chi connectivity index (χ4n) is 2.11. The van der Waals surface area contributed by atoms with Crippen molar-refractivity contribution in [1.82, 2.24) is 10.2 Å². The summed E-state index contributed by atoms with van der Waals surface area (Å²) in [6, 6.07) is 3.23. The second kappa shape index (κ2) is 5.13. The van der Waals surface area contributed by atoms with Gasteiger partial charge < -0.3 is 5.73 Å². The van der Waals surface area contributed by atoms with E-state index in [1.165, 1.54) is 23.5 Å². The third kappa shape index (κ3) is 2.41. The molecule has 0 spiro atoms. The Kier molecular flexibility index (Phi) is 3.43. The first kappa shape index (κ1) is 14.0. The van der Waals surface area contributed by atoms with E-state index in [1.54, 1.807) is 0 Å². The van der Waals surface area contributed by atoms with Crippen LogP contribution in [-0.2, 0) is 0 Å². The largest absolute Gasteiger partial charge is 0.382 e. The van der Waals surface area contributed by atoms with Crippen LogP contribution in [0.25, 0.3) is 21.7 Å². The number of halogens is 3. The van der Waals surface area contributed by atoms with Crippen LogP contribution in [0.2, 0.25) is 5.02 Å². The summed E-state index contributed by atoms with van der Waals surface area (Å²) in [5, 5.41) is 9.19. The minimum atomic E-state index is -0.676. The van der Waals surface area contributed by atoms with Gasteiger partial charge in [-0.05, 0) is 35.6 Å². The van der Waals surface area contributed by atoms with Crippen molar-refractivity contribution in [3.05, 3.63) is 45.8 Å². The predicted molar refractivity (Wildman–Crippen MR) is 81.4 cm³/mol. The van der Waals surface area contributed by atoms with Crippen molar-refractivity contribution in [2.45, 2.75) is 6.92 Å². The lowest BCUT2D eigenvalue weighted by Crippen LogP contribution is -1.90. The lowest BCUT2D eigenvalue weighted by molar-refractivity contribution is 0.584. The molecule has 0 fully saturated rings. The number of thiophene rings is 1. The van der Waals surface area contributed by atoms with Crippen molar-refractivity contribution in [3.63, 3.8) is 0 Å². The van der Waals surface area contributed by atoms with E-state index >= 15 is 0 Å². The number of aromatic amines is 1. The van der Waals surface area contributed by atoms with Crippen molar-refractivity contribution in [2.24, 2.45) is 0 Å². The zero-order chi connectivity index (χ0) is 15.1. The summed E-state index contributed by atoms with van der Waals surface area (Å²) in [5.74, 6) is -1.19. The molecule has 0 aliphatic heterocycles. The number of aryl methyl sites for hydroxylation is 1. The smallest absolute Gasteiger partial charge is 0.153 e. The highest BCUT2D eigenvalue weighted by molar-refractivity contribution is 7.14. The summed E-state index contributed by atoms with van der Waals surface area (Å²) in [6.07, 6.45) is 0. The van der Waals surface area contributed by atoms with Crippen molar-refractivity contribution in [1.29, 1.82) is 0 Å². The van der Waals surface area contributed by atoms with Gasteiger partial charge in [-0.25, -0.2) is 8.78 Å². The summed E-state index contributed by atoms with van der Waals surface area (Å²) in [4.78, 5) is 0.734. The maximum absolute atomic E-state index is 13.4. The molecule has 3 nitrogen and oxygen atoms in total. The van der Waals surface area contributed by atoms with E-state index in [0.29, 0.717) is 21.8 Å². The van der Waals surface area contributed by atoms with Crippen LogP contribution >= 0.6 is 22.9 Å². The average Bonchev–Trinajstić information content (AvgIpc) is 2.93. The summed E-state index contributed by atoms with van der Waals surface area (Å²) < 4.78 is 26.9. The van der Waals surface area contributed by atoms with E-state index in [1.807, 2.05) is 12.3 Å². The third-order valence-corrected chi connectivity index (χ3v) is 4.79. The Balaban J connectivity index is 2.24. The molecule has 0 atom stereocenters. The maximum atomic E-state index is 13.4. The molecule has 3 N–H and O–H groups in total. The van der Waals surface area contributed by atoms with Gasteiger partial charge in [-0.1, -0.05) is 11.6 Å². The molecular formula is C14H10ClF2N3S. The summed E-state index contributed by atoms with van der Waals surface area (Å²) in [7, 11) is 0. The lowest BCUT2D eigenvalue weighted by Gasteiger charge is -2.05. The molecule has 0 unspecified atom stereocenters. The number of aromatic nitrogens is 2. The van der Waals surface area contributed by atoms with Gasteiger partial charge in [0.15, 0.2) is 5.82 Å². The topological polar surface area (TPSA) is 54.7 Å².